The fourth-order valence-electron chi connectivity index (χ4n) is 1.41. The van der Waals surface area contributed by atoms with Crippen molar-refractivity contribution in [2.24, 2.45) is 5.41 Å². The van der Waals surface area contributed by atoms with E-state index in [1.54, 1.807) is 6.92 Å². The van der Waals surface area contributed by atoms with Gasteiger partial charge in [-0.25, -0.2) is 4.39 Å². The molecule has 1 aromatic rings. The molecule has 5 nitrogen and oxygen atoms in total. The quantitative estimate of drug-likeness (QED) is 0.777. The van der Waals surface area contributed by atoms with Crippen LogP contribution in [-0.4, -0.2) is 30.3 Å². The summed E-state index contributed by atoms with van der Waals surface area (Å²) in [7, 11) is 0. The van der Waals surface area contributed by atoms with Gasteiger partial charge >= 0.3 is 11.9 Å². The third-order valence-corrected chi connectivity index (χ3v) is 2.97. The molecule has 0 aliphatic heterocycles. The zero-order valence-electron chi connectivity index (χ0n) is 12.1. The van der Waals surface area contributed by atoms with Crippen LogP contribution in [0, 0.1) is 11.2 Å². The van der Waals surface area contributed by atoms with Crippen molar-refractivity contribution in [3.63, 3.8) is 0 Å². The fourth-order valence-corrected chi connectivity index (χ4v) is 1.41. The first-order valence-corrected chi connectivity index (χ1v) is 6.59. The maximum absolute atomic E-state index is 12.7. The molecule has 0 radical (unpaired) electrons. The van der Waals surface area contributed by atoms with E-state index in [2.05, 4.69) is 0 Å². The van der Waals surface area contributed by atoms with E-state index >= 15 is 0 Å². The van der Waals surface area contributed by atoms with Crippen LogP contribution in [0.3, 0.4) is 0 Å². The van der Waals surface area contributed by atoms with Gasteiger partial charge in [0.1, 0.15) is 24.4 Å². The summed E-state index contributed by atoms with van der Waals surface area (Å²) in [5.74, 6) is -1.52. The topological polar surface area (TPSA) is 72.8 Å². The number of rotatable bonds is 7. The highest BCUT2D eigenvalue weighted by Gasteiger charge is 2.36. The van der Waals surface area contributed by atoms with Gasteiger partial charge in [0.15, 0.2) is 0 Å². The van der Waals surface area contributed by atoms with Crippen LogP contribution >= 0.6 is 0 Å². The van der Waals surface area contributed by atoms with E-state index in [4.69, 9.17) is 9.47 Å². The average molecular weight is 298 g/mol. The normalized spacial score (nSPS) is 13.3. The van der Waals surface area contributed by atoms with Gasteiger partial charge in [-0.1, -0.05) is 19.1 Å². The SMILES string of the molecule is CCC(=O)OCC(C)(CO)C(=O)OCc1ccc(F)cc1. The lowest BCUT2D eigenvalue weighted by Gasteiger charge is -2.24. The summed E-state index contributed by atoms with van der Waals surface area (Å²) >= 11 is 0. The predicted molar refractivity (Wildman–Crippen MR) is 72.6 cm³/mol. The molecule has 1 atom stereocenters. The zero-order chi connectivity index (χ0) is 15.9. The van der Waals surface area contributed by atoms with Crippen molar-refractivity contribution in [1.82, 2.24) is 0 Å². The van der Waals surface area contributed by atoms with E-state index < -0.39 is 24.0 Å². The monoisotopic (exact) mass is 298 g/mol. The molecule has 0 fully saturated rings. The zero-order valence-corrected chi connectivity index (χ0v) is 12.1. The second-order valence-electron chi connectivity index (χ2n) is 4.94. The molecule has 0 saturated carbocycles. The molecule has 21 heavy (non-hydrogen) atoms. The first-order valence-electron chi connectivity index (χ1n) is 6.59. The Bertz CT molecular complexity index is 485. The van der Waals surface area contributed by atoms with Gasteiger partial charge in [-0.15, -0.1) is 0 Å². The summed E-state index contributed by atoms with van der Waals surface area (Å²) in [5.41, 5.74) is -0.694. The predicted octanol–water partition coefficient (Wildman–Crippen LogP) is 1.82. The largest absolute Gasteiger partial charge is 0.464 e. The third-order valence-electron chi connectivity index (χ3n) is 2.97. The lowest BCUT2D eigenvalue weighted by atomic mass is 9.93. The van der Waals surface area contributed by atoms with Gasteiger partial charge in [0.05, 0.1) is 6.61 Å². The van der Waals surface area contributed by atoms with Gasteiger partial charge in [-0.05, 0) is 24.6 Å². The van der Waals surface area contributed by atoms with Crippen molar-refractivity contribution in [2.45, 2.75) is 26.9 Å². The summed E-state index contributed by atoms with van der Waals surface area (Å²) in [6.07, 6.45) is 0.187. The standard InChI is InChI=1S/C15H19FO5/c1-3-13(18)21-10-15(2,9-17)14(19)20-8-11-4-6-12(16)7-5-11/h4-7,17H,3,8-10H2,1-2H3. The van der Waals surface area contributed by atoms with Gasteiger partial charge < -0.3 is 14.6 Å². The number of aliphatic hydroxyl groups excluding tert-OH is 1. The number of carbonyl (C=O) groups is 2. The summed E-state index contributed by atoms with van der Waals surface area (Å²) in [5, 5.41) is 9.33. The molecule has 0 aliphatic carbocycles. The molecule has 1 N–H and O–H groups in total. The van der Waals surface area contributed by atoms with E-state index in [9.17, 15) is 19.1 Å². The minimum absolute atomic E-state index is 0.0452. The highest BCUT2D eigenvalue weighted by atomic mass is 19.1. The lowest BCUT2D eigenvalue weighted by Crippen LogP contribution is -2.38. The van der Waals surface area contributed by atoms with Gasteiger partial charge in [-0.2, -0.15) is 0 Å². The Morgan fingerprint density at radius 3 is 2.38 bits per heavy atom. The molecule has 0 heterocycles. The highest BCUT2D eigenvalue weighted by molar-refractivity contribution is 5.77. The molecular formula is C15H19FO5. The van der Waals surface area contributed by atoms with Crippen LogP contribution in [0.25, 0.3) is 0 Å². The molecule has 0 aromatic heterocycles. The second-order valence-corrected chi connectivity index (χ2v) is 4.94. The maximum Gasteiger partial charge on any atom is 0.317 e. The molecule has 0 spiro atoms. The summed E-state index contributed by atoms with van der Waals surface area (Å²) in [6.45, 7) is 2.27. The highest BCUT2D eigenvalue weighted by Crippen LogP contribution is 2.19. The van der Waals surface area contributed by atoms with E-state index in [1.165, 1.54) is 31.2 Å². The lowest BCUT2D eigenvalue weighted by molar-refractivity contribution is -0.166. The molecule has 0 aliphatic rings. The van der Waals surface area contributed by atoms with E-state index in [1.807, 2.05) is 0 Å². The van der Waals surface area contributed by atoms with Crippen LogP contribution in [0.5, 0.6) is 0 Å². The molecular weight excluding hydrogens is 279 g/mol. The van der Waals surface area contributed by atoms with Crippen LogP contribution in [-0.2, 0) is 25.7 Å². The van der Waals surface area contributed by atoms with Gasteiger partial charge in [0.2, 0.25) is 0 Å². The minimum atomic E-state index is -1.31. The fraction of sp³-hybridized carbons (Fsp3) is 0.467. The number of hydrogen-bond donors (Lipinski definition) is 1. The van der Waals surface area contributed by atoms with Gasteiger partial charge in [-0.3, -0.25) is 9.59 Å². The molecule has 116 valence electrons. The van der Waals surface area contributed by atoms with E-state index in [0.717, 1.165) is 0 Å². The van der Waals surface area contributed by atoms with Gasteiger partial charge in [0.25, 0.3) is 0 Å². The number of halogens is 1. The summed E-state index contributed by atoms with van der Waals surface area (Å²) in [4.78, 5) is 23.1. The number of carbonyl (C=O) groups excluding carboxylic acids is 2. The summed E-state index contributed by atoms with van der Waals surface area (Å²) < 4.78 is 22.7. The Labute approximate surface area is 122 Å². The Morgan fingerprint density at radius 2 is 1.86 bits per heavy atom. The molecule has 1 aromatic carbocycles. The Kier molecular flexibility index (Phi) is 6.30. The van der Waals surface area contributed by atoms with Crippen molar-refractivity contribution < 1.29 is 28.6 Å². The van der Waals surface area contributed by atoms with Crippen molar-refractivity contribution >= 4 is 11.9 Å². The number of benzene rings is 1. The van der Waals surface area contributed by atoms with Crippen molar-refractivity contribution in [2.75, 3.05) is 13.2 Å². The minimum Gasteiger partial charge on any atom is -0.464 e. The maximum atomic E-state index is 12.7. The second kappa shape index (κ2) is 7.73. The summed E-state index contributed by atoms with van der Waals surface area (Å²) in [6, 6.07) is 5.51. The van der Waals surface area contributed by atoms with Crippen molar-refractivity contribution in [1.29, 1.82) is 0 Å². The van der Waals surface area contributed by atoms with E-state index in [-0.39, 0.29) is 25.5 Å². The number of ether oxygens (including phenoxy) is 2. The number of aliphatic hydroxyl groups is 1. The Morgan fingerprint density at radius 1 is 1.24 bits per heavy atom. The third kappa shape index (κ3) is 5.15. The Balaban J connectivity index is 2.57. The van der Waals surface area contributed by atoms with Crippen LogP contribution < -0.4 is 0 Å². The number of esters is 2. The molecule has 0 bridgehead atoms. The molecule has 1 unspecified atom stereocenters. The van der Waals surface area contributed by atoms with Crippen LogP contribution in [0.1, 0.15) is 25.8 Å². The first kappa shape index (κ1) is 17.1. The van der Waals surface area contributed by atoms with Gasteiger partial charge in [0, 0.05) is 6.42 Å². The smallest absolute Gasteiger partial charge is 0.317 e. The van der Waals surface area contributed by atoms with E-state index in [0.29, 0.717) is 5.56 Å². The number of hydrogen-bond acceptors (Lipinski definition) is 5. The molecule has 1 rings (SSSR count). The molecule has 0 saturated heterocycles. The van der Waals surface area contributed by atoms with Crippen molar-refractivity contribution in [3.05, 3.63) is 35.6 Å². The van der Waals surface area contributed by atoms with Crippen LogP contribution in [0.4, 0.5) is 4.39 Å². The molecule has 6 heteroatoms. The van der Waals surface area contributed by atoms with Crippen LogP contribution in [0.15, 0.2) is 24.3 Å². The average Bonchev–Trinajstić information content (AvgIpc) is 2.51. The van der Waals surface area contributed by atoms with Crippen molar-refractivity contribution in [3.8, 4) is 0 Å². The Hall–Kier alpha value is -1.95. The van der Waals surface area contributed by atoms with Crippen LogP contribution in [0.2, 0.25) is 0 Å². The molecule has 0 amide bonds. The first-order chi connectivity index (χ1) is 9.91.